The molecule has 0 saturated heterocycles. The molecule has 0 fully saturated rings. The molecule has 0 radical (unpaired) electrons. The Labute approximate surface area is 160 Å². The van der Waals surface area contributed by atoms with Crippen LogP contribution in [0.15, 0.2) is 30.3 Å². The molecule has 1 aromatic carbocycles. The number of benzene rings is 1. The van der Waals surface area contributed by atoms with E-state index in [1.54, 1.807) is 24.3 Å². The molecule has 0 spiro atoms. The molecule has 7 heteroatoms. The van der Waals surface area contributed by atoms with Gasteiger partial charge in [-0.3, -0.25) is 9.59 Å². The molecule has 4 nitrogen and oxygen atoms in total. The second-order valence-electron chi connectivity index (χ2n) is 3.59. The Morgan fingerprint density at radius 3 is 2.10 bits per heavy atom. The molecule has 20 heavy (non-hydrogen) atoms. The van der Waals surface area contributed by atoms with Gasteiger partial charge in [-0.25, -0.2) is 0 Å². The Hall–Kier alpha value is 0.350. The van der Waals surface area contributed by atoms with Crippen LogP contribution >= 0.6 is 67.8 Å². The van der Waals surface area contributed by atoms with Crippen molar-refractivity contribution >= 4 is 79.6 Å². The van der Waals surface area contributed by atoms with Crippen molar-refractivity contribution in [2.45, 2.75) is 12.8 Å². The average Bonchev–Trinajstić information content (AvgIpc) is 2.45. The van der Waals surface area contributed by atoms with Crippen molar-refractivity contribution in [1.29, 1.82) is 0 Å². The van der Waals surface area contributed by atoms with E-state index in [4.69, 9.17) is 0 Å². The zero-order valence-corrected chi connectivity index (χ0v) is 17.6. The second-order valence-corrected chi connectivity index (χ2v) is 15.3. The van der Waals surface area contributed by atoms with E-state index in [2.05, 4.69) is 84.8 Å². The number of esters is 1. The molecule has 0 saturated carbocycles. The molecule has 0 bridgehead atoms. The molecular weight excluding hydrogens is 599 g/mol. The van der Waals surface area contributed by atoms with Gasteiger partial charge in [0.2, 0.25) is 0 Å². The first-order valence-electron chi connectivity index (χ1n) is 5.77. The molecule has 1 amide bonds. The number of methoxy groups -OCH3 is 1. The van der Waals surface area contributed by atoms with Crippen LogP contribution in [0.5, 0.6) is 0 Å². The van der Waals surface area contributed by atoms with Gasteiger partial charge in [0.25, 0.3) is 5.91 Å². The lowest BCUT2D eigenvalue weighted by atomic mass is 10.2. The molecular formula is C13H16I3NO3. The highest BCUT2D eigenvalue weighted by Gasteiger charge is 2.11. The number of nitrogens with one attached hydrogen (secondary N) is 1. The van der Waals surface area contributed by atoms with Crippen LogP contribution in [0.1, 0.15) is 23.7 Å². The number of alkyl halides is 3. The van der Waals surface area contributed by atoms with E-state index in [0.29, 0.717) is 5.00 Å². The van der Waals surface area contributed by atoms with Gasteiger partial charge in [0.05, 0.1) is 7.11 Å². The van der Waals surface area contributed by atoms with Gasteiger partial charge in [-0.15, -0.1) is 0 Å². The lowest BCUT2D eigenvalue weighted by molar-refractivity contribution is -0.139. The van der Waals surface area contributed by atoms with Crippen LogP contribution in [0.2, 0.25) is 0 Å². The maximum absolute atomic E-state index is 11.3. The van der Waals surface area contributed by atoms with Gasteiger partial charge in [-0.1, -0.05) is 92.9 Å². The molecule has 112 valence electrons. The summed E-state index contributed by atoms with van der Waals surface area (Å²) in [4.78, 5) is 22.1. The van der Waals surface area contributed by atoms with Gasteiger partial charge in [-0.05, 0) is 18.6 Å². The average molecular weight is 615 g/mol. The third-order valence-electron chi connectivity index (χ3n) is 2.06. The van der Waals surface area contributed by atoms with Crippen LogP contribution in [0.3, 0.4) is 0 Å². The Balaban J connectivity index is 0.000000511. The third-order valence-corrected chi connectivity index (χ3v) is 4.35. The number of hydrogen-bond acceptors (Lipinski definition) is 3. The molecule has 0 atom stereocenters. The fourth-order valence-corrected chi connectivity index (χ4v) is 0.916. The largest absolute Gasteiger partial charge is 0.468 e. The number of ether oxygens (including phenoxy) is 1. The Morgan fingerprint density at radius 1 is 1.20 bits per heavy atom. The number of rotatable bonds is 4. The minimum atomic E-state index is -0.464. The number of carbonyl (C=O) groups excluding carboxylic acids is 2. The van der Waals surface area contributed by atoms with E-state index in [-0.39, 0.29) is 12.5 Å². The van der Waals surface area contributed by atoms with Crippen molar-refractivity contribution in [2.75, 3.05) is 13.7 Å². The standard InChI is InChI=1S/C10H11NO3.C3H5I3/c1-14-9(12)7-11-10(13)8-5-3-2-4-6-8;1-2-3(4,5)6/h2-6H,7H2,1H3,(H,11,13);2H2,1H3. The molecule has 0 aromatic heterocycles. The topological polar surface area (TPSA) is 55.4 Å². The molecule has 1 rings (SSSR count). The van der Waals surface area contributed by atoms with Crippen LogP contribution in [0.4, 0.5) is 0 Å². The summed E-state index contributed by atoms with van der Waals surface area (Å²) < 4.78 is 4.83. The van der Waals surface area contributed by atoms with Gasteiger partial charge in [0, 0.05) is 5.56 Å². The van der Waals surface area contributed by atoms with Crippen molar-refractivity contribution in [1.82, 2.24) is 5.32 Å². The van der Waals surface area contributed by atoms with E-state index < -0.39 is 5.97 Å². The Morgan fingerprint density at radius 2 is 1.70 bits per heavy atom. The Bertz CT molecular complexity index is 419. The summed E-state index contributed by atoms with van der Waals surface area (Å²) in [5, 5.41) is 2.44. The first-order chi connectivity index (χ1) is 9.30. The van der Waals surface area contributed by atoms with Crippen LogP contribution < -0.4 is 5.32 Å². The summed E-state index contributed by atoms with van der Waals surface area (Å²) in [6.45, 7) is 2.08. The van der Waals surface area contributed by atoms with Gasteiger partial charge < -0.3 is 10.1 Å². The van der Waals surface area contributed by atoms with Crippen LogP contribution in [0.25, 0.3) is 0 Å². The summed E-state index contributed by atoms with van der Waals surface area (Å²) in [7, 11) is 1.27. The lowest BCUT2D eigenvalue weighted by Crippen LogP contribution is -2.29. The fraction of sp³-hybridized carbons (Fsp3) is 0.385. The summed E-state index contributed by atoms with van der Waals surface area (Å²) >= 11 is 7.24. The van der Waals surface area contributed by atoms with E-state index in [1.807, 2.05) is 6.07 Å². The monoisotopic (exact) mass is 615 g/mol. The van der Waals surface area contributed by atoms with Crippen molar-refractivity contribution in [3.63, 3.8) is 0 Å². The normalized spacial score (nSPS) is 10.1. The smallest absolute Gasteiger partial charge is 0.325 e. The van der Waals surface area contributed by atoms with E-state index >= 15 is 0 Å². The van der Waals surface area contributed by atoms with Crippen LogP contribution in [0, 0.1) is 0 Å². The summed E-state index contributed by atoms with van der Waals surface area (Å²) in [5.41, 5.74) is 0.524. The molecule has 1 aromatic rings. The van der Waals surface area contributed by atoms with Gasteiger partial charge in [-0.2, -0.15) is 0 Å². The van der Waals surface area contributed by atoms with E-state index in [1.165, 1.54) is 13.5 Å². The van der Waals surface area contributed by atoms with Gasteiger partial charge in [0.1, 0.15) is 5.98 Å². The highest BCUT2D eigenvalue weighted by molar-refractivity contribution is 14.3. The minimum Gasteiger partial charge on any atom is -0.468 e. The lowest BCUT2D eigenvalue weighted by Gasteiger charge is -2.04. The second kappa shape index (κ2) is 11.0. The molecule has 0 heterocycles. The molecule has 1 N–H and O–H groups in total. The van der Waals surface area contributed by atoms with E-state index in [9.17, 15) is 9.59 Å². The maximum atomic E-state index is 11.3. The predicted octanol–water partition coefficient (Wildman–Crippen LogP) is 3.94. The first kappa shape index (κ1) is 20.3. The van der Waals surface area contributed by atoms with Crippen molar-refractivity contribution in [3.8, 4) is 0 Å². The Kier molecular flexibility index (Phi) is 11.2. The zero-order chi connectivity index (χ0) is 15.6. The fourth-order valence-electron chi connectivity index (χ4n) is 0.916. The maximum Gasteiger partial charge on any atom is 0.325 e. The molecule has 0 aliphatic carbocycles. The van der Waals surface area contributed by atoms with Crippen molar-refractivity contribution in [2.24, 2.45) is 0 Å². The van der Waals surface area contributed by atoms with Gasteiger partial charge >= 0.3 is 5.97 Å². The zero-order valence-electron chi connectivity index (χ0n) is 11.2. The number of amides is 1. The van der Waals surface area contributed by atoms with Gasteiger partial charge in [0.15, 0.2) is 0 Å². The summed E-state index contributed by atoms with van der Waals surface area (Å²) in [6.07, 6.45) is 1.23. The number of halogens is 3. The highest BCUT2D eigenvalue weighted by Crippen LogP contribution is 2.38. The quantitative estimate of drug-likeness (QED) is 0.318. The predicted molar refractivity (Wildman–Crippen MR) is 106 cm³/mol. The summed E-state index contributed by atoms with van der Waals surface area (Å²) in [5.74, 6) is -0.745. The first-order valence-corrected chi connectivity index (χ1v) is 9.00. The number of hydrogen-bond donors (Lipinski definition) is 1. The van der Waals surface area contributed by atoms with Crippen LogP contribution in [-0.4, -0.2) is 25.0 Å². The SMILES string of the molecule is CCC(I)(I)I.COC(=O)CNC(=O)c1ccccc1. The molecule has 0 aliphatic heterocycles. The summed E-state index contributed by atoms with van der Waals surface area (Å²) in [6, 6.07) is 8.68. The van der Waals surface area contributed by atoms with Crippen molar-refractivity contribution in [3.05, 3.63) is 35.9 Å². The number of carbonyl (C=O) groups is 2. The van der Waals surface area contributed by atoms with Crippen LogP contribution in [-0.2, 0) is 9.53 Å². The minimum absolute atomic E-state index is 0.107. The van der Waals surface area contributed by atoms with E-state index in [0.717, 1.165) is 0 Å². The molecule has 0 aliphatic rings. The van der Waals surface area contributed by atoms with Crippen molar-refractivity contribution < 1.29 is 14.3 Å². The highest BCUT2D eigenvalue weighted by atomic mass is 127. The third kappa shape index (κ3) is 11.1. The molecule has 0 unspecified atom stereocenters.